The molecule has 0 aromatic rings. The highest BCUT2D eigenvalue weighted by atomic mass is 16.4. The lowest BCUT2D eigenvalue weighted by Crippen LogP contribution is -2.11. The number of carboxylic acid groups (broad SMARTS) is 1. The van der Waals surface area contributed by atoms with E-state index in [1.54, 1.807) is 6.08 Å². The third-order valence-electron chi connectivity index (χ3n) is 1.22. The van der Waals surface area contributed by atoms with Gasteiger partial charge in [0.05, 0.1) is 12.5 Å². The van der Waals surface area contributed by atoms with Crippen LogP contribution in [0, 0.1) is 0 Å². The van der Waals surface area contributed by atoms with Crippen molar-refractivity contribution < 1.29 is 15.0 Å². The standard InChI is InChI=1S/C8H14O3/c1-2-3-4-5-7(9)6-8(10)11/h3-4,7,9H,2,5-6H2,1H3,(H,10,11). The minimum atomic E-state index is -0.956. The van der Waals surface area contributed by atoms with Crippen LogP contribution in [0.5, 0.6) is 0 Å². The zero-order valence-electron chi connectivity index (χ0n) is 6.66. The van der Waals surface area contributed by atoms with Crippen LogP contribution in [-0.4, -0.2) is 22.3 Å². The van der Waals surface area contributed by atoms with E-state index >= 15 is 0 Å². The average Bonchev–Trinajstić information content (AvgIpc) is 1.86. The van der Waals surface area contributed by atoms with E-state index in [0.29, 0.717) is 6.42 Å². The highest BCUT2D eigenvalue weighted by Crippen LogP contribution is 1.99. The van der Waals surface area contributed by atoms with E-state index in [-0.39, 0.29) is 6.42 Å². The number of rotatable bonds is 5. The summed E-state index contributed by atoms with van der Waals surface area (Å²) in [6.07, 6.45) is 4.14. The molecule has 2 N–H and O–H groups in total. The number of carbonyl (C=O) groups is 1. The number of hydrogen-bond acceptors (Lipinski definition) is 2. The van der Waals surface area contributed by atoms with Gasteiger partial charge in [0.15, 0.2) is 0 Å². The normalized spacial score (nSPS) is 13.6. The Balaban J connectivity index is 3.44. The zero-order valence-corrected chi connectivity index (χ0v) is 6.66. The second kappa shape index (κ2) is 5.92. The molecular formula is C8H14O3. The van der Waals surface area contributed by atoms with Gasteiger partial charge in [0.1, 0.15) is 0 Å². The van der Waals surface area contributed by atoms with Gasteiger partial charge in [-0.3, -0.25) is 4.79 Å². The molecule has 0 amide bonds. The first-order valence-electron chi connectivity index (χ1n) is 3.71. The largest absolute Gasteiger partial charge is 0.481 e. The summed E-state index contributed by atoms with van der Waals surface area (Å²) in [5.74, 6) is -0.956. The van der Waals surface area contributed by atoms with Crippen LogP contribution < -0.4 is 0 Å². The summed E-state index contributed by atoms with van der Waals surface area (Å²) in [4.78, 5) is 10.1. The van der Waals surface area contributed by atoms with E-state index in [2.05, 4.69) is 0 Å². The van der Waals surface area contributed by atoms with Crippen LogP contribution in [0.4, 0.5) is 0 Å². The zero-order chi connectivity index (χ0) is 8.69. The summed E-state index contributed by atoms with van der Waals surface area (Å²) in [6, 6.07) is 0. The minimum absolute atomic E-state index is 0.173. The van der Waals surface area contributed by atoms with Gasteiger partial charge in [-0.05, 0) is 12.8 Å². The maximum absolute atomic E-state index is 10.1. The lowest BCUT2D eigenvalue weighted by atomic mass is 10.2. The molecule has 0 rings (SSSR count). The fraction of sp³-hybridized carbons (Fsp3) is 0.625. The van der Waals surface area contributed by atoms with Crippen LogP contribution in [-0.2, 0) is 4.79 Å². The van der Waals surface area contributed by atoms with E-state index in [4.69, 9.17) is 10.2 Å². The number of hydrogen-bond donors (Lipinski definition) is 2. The molecule has 11 heavy (non-hydrogen) atoms. The smallest absolute Gasteiger partial charge is 0.305 e. The molecule has 0 heterocycles. The van der Waals surface area contributed by atoms with Crippen molar-refractivity contribution >= 4 is 5.97 Å². The Bertz CT molecular complexity index is 140. The third-order valence-corrected chi connectivity index (χ3v) is 1.22. The maximum Gasteiger partial charge on any atom is 0.305 e. The van der Waals surface area contributed by atoms with Gasteiger partial charge in [-0.1, -0.05) is 19.1 Å². The van der Waals surface area contributed by atoms with Gasteiger partial charge in [0, 0.05) is 0 Å². The predicted octanol–water partition coefficient (Wildman–Crippen LogP) is 1.18. The Morgan fingerprint density at radius 2 is 2.18 bits per heavy atom. The Kier molecular flexibility index (Phi) is 5.47. The maximum atomic E-state index is 10.1. The molecular weight excluding hydrogens is 144 g/mol. The van der Waals surface area contributed by atoms with Gasteiger partial charge in [0.2, 0.25) is 0 Å². The first kappa shape index (κ1) is 10.2. The van der Waals surface area contributed by atoms with Crippen molar-refractivity contribution in [2.24, 2.45) is 0 Å². The van der Waals surface area contributed by atoms with E-state index < -0.39 is 12.1 Å². The highest BCUT2D eigenvalue weighted by Gasteiger charge is 2.06. The van der Waals surface area contributed by atoms with Crippen LogP contribution in [0.15, 0.2) is 12.2 Å². The quantitative estimate of drug-likeness (QED) is 0.590. The lowest BCUT2D eigenvalue weighted by molar-refractivity contribution is -0.139. The minimum Gasteiger partial charge on any atom is -0.481 e. The Morgan fingerprint density at radius 3 is 2.64 bits per heavy atom. The van der Waals surface area contributed by atoms with Crippen molar-refractivity contribution in [3.63, 3.8) is 0 Å². The molecule has 0 aliphatic heterocycles. The van der Waals surface area contributed by atoms with Crippen LogP contribution in [0.2, 0.25) is 0 Å². The van der Waals surface area contributed by atoms with E-state index in [1.165, 1.54) is 0 Å². The molecule has 0 aliphatic rings. The second-order valence-corrected chi connectivity index (χ2v) is 2.37. The summed E-state index contributed by atoms with van der Waals surface area (Å²) in [5, 5.41) is 17.3. The van der Waals surface area contributed by atoms with Gasteiger partial charge in [-0.25, -0.2) is 0 Å². The molecule has 0 radical (unpaired) electrons. The third kappa shape index (κ3) is 7.06. The van der Waals surface area contributed by atoms with Crippen molar-refractivity contribution in [2.75, 3.05) is 0 Å². The molecule has 1 unspecified atom stereocenters. The topological polar surface area (TPSA) is 57.5 Å². The van der Waals surface area contributed by atoms with E-state index in [9.17, 15) is 4.79 Å². The van der Waals surface area contributed by atoms with Gasteiger partial charge < -0.3 is 10.2 Å². The van der Waals surface area contributed by atoms with Crippen molar-refractivity contribution in [2.45, 2.75) is 32.3 Å². The number of aliphatic carboxylic acids is 1. The van der Waals surface area contributed by atoms with E-state index in [1.807, 2.05) is 13.0 Å². The molecule has 0 aromatic heterocycles. The fourth-order valence-electron chi connectivity index (χ4n) is 0.705. The number of aliphatic hydroxyl groups excluding tert-OH is 1. The fourth-order valence-corrected chi connectivity index (χ4v) is 0.705. The van der Waals surface area contributed by atoms with Gasteiger partial charge in [-0.15, -0.1) is 0 Å². The monoisotopic (exact) mass is 158 g/mol. The summed E-state index contributed by atoms with van der Waals surface area (Å²) < 4.78 is 0. The molecule has 0 fully saturated rings. The average molecular weight is 158 g/mol. The molecule has 3 nitrogen and oxygen atoms in total. The lowest BCUT2D eigenvalue weighted by Gasteiger charge is -2.02. The van der Waals surface area contributed by atoms with Gasteiger partial charge >= 0.3 is 5.97 Å². The molecule has 0 aliphatic carbocycles. The summed E-state index contributed by atoms with van der Waals surface area (Å²) >= 11 is 0. The predicted molar refractivity (Wildman–Crippen MR) is 42.3 cm³/mol. The molecule has 0 saturated carbocycles. The molecule has 3 heteroatoms. The molecule has 0 bridgehead atoms. The highest BCUT2D eigenvalue weighted by molar-refractivity contribution is 5.67. The number of aliphatic hydroxyl groups is 1. The van der Waals surface area contributed by atoms with Crippen molar-refractivity contribution in [1.29, 1.82) is 0 Å². The summed E-state index contributed by atoms with van der Waals surface area (Å²) in [6.45, 7) is 1.99. The number of carboxylic acids is 1. The first-order chi connectivity index (χ1) is 5.16. The second-order valence-electron chi connectivity index (χ2n) is 2.37. The van der Waals surface area contributed by atoms with Crippen molar-refractivity contribution in [1.82, 2.24) is 0 Å². The summed E-state index contributed by atoms with van der Waals surface area (Å²) in [7, 11) is 0. The Hall–Kier alpha value is -0.830. The molecule has 64 valence electrons. The van der Waals surface area contributed by atoms with Gasteiger partial charge in [0.25, 0.3) is 0 Å². The van der Waals surface area contributed by atoms with Crippen LogP contribution in [0.25, 0.3) is 0 Å². The van der Waals surface area contributed by atoms with Crippen LogP contribution in [0.1, 0.15) is 26.2 Å². The Labute approximate surface area is 66.4 Å². The van der Waals surface area contributed by atoms with Crippen LogP contribution in [0.3, 0.4) is 0 Å². The molecule has 0 spiro atoms. The van der Waals surface area contributed by atoms with E-state index in [0.717, 1.165) is 6.42 Å². The first-order valence-corrected chi connectivity index (χ1v) is 3.71. The summed E-state index contributed by atoms with van der Waals surface area (Å²) in [5.41, 5.74) is 0. The van der Waals surface area contributed by atoms with Crippen molar-refractivity contribution in [3.8, 4) is 0 Å². The van der Waals surface area contributed by atoms with Crippen molar-refractivity contribution in [3.05, 3.63) is 12.2 Å². The number of allylic oxidation sites excluding steroid dienone is 1. The molecule has 1 atom stereocenters. The Morgan fingerprint density at radius 1 is 1.55 bits per heavy atom. The van der Waals surface area contributed by atoms with Gasteiger partial charge in [-0.2, -0.15) is 0 Å². The molecule has 0 saturated heterocycles. The SMILES string of the molecule is CCC=CCC(O)CC(=O)O. The van der Waals surface area contributed by atoms with Crippen LogP contribution >= 0.6 is 0 Å². The molecule has 0 aromatic carbocycles.